The molecule has 1 aliphatic carbocycles. The van der Waals surface area contributed by atoms with Crippen LogP contribution in [0.3, 0.4) is 0 Å². The summed E-state index contributed by atoms with van der Waals surface area (Å²) in [4.78, 5) is 23.7. The first-order valence-electron chi connectivity index (χ1n) is 7.97. The zero-order chi connectivity index (χ0) is 16.0. The molecule has 0 saturated carbocycles. The molecule has 0 aromatic carbocycles. The number of hydrogen-bond acceptors (Lipinski definition) is 5. The van der Waals surface area contributed by atoms with Crippen LogP contribution in [0.2, 0.25) is 0 Å². The summed E-state index contributed by atoms with van der Waals surface area (Å²) < 4.78 is 3.47. The zero-order valence-corrected chi connectivity index (χ0v) is 14.1. The molecule has 0 aliphatic heterocycles. The smallest absolute Gasteiger partial charge is 0.262 e. The molecule has 23 heavy (non-hydrogen) atoms. The van der Waals surface area contributed by atoms with Crippen molar-refractivity contribution in [2.45, 2.75) is 45.7 Å². The monoisotopic (exact) mass is 329 g/mol. The molecule has 120 valence electrons. The van der Waals surface area contributed by atoms with Gasteiger partial charge in [-0.3, -0.25) is 14.0 Å². The summed E-state index contributed by atoms with van der Waals surface area (Å²) in [5.41, 5.74) is 1.32. The molecule has 0 radical (unpaired) electrons. The third-order valence-electron chi connectivity index (χ3n) is 4.63. The Kier molecular flexibility index (Phi) is 3.52. The Morgan fingerprint density at radius 2 is 2.30 bits per heavy atom. The van der Waals surface area contributed by atoms with Crippen LogP contribution in [0.15, 0.2) is 23.8 Å². The number of thiophene rings is 1. The van der Waals surface area contributed by atoms with Crippen LogP contribution in [0.5, 0.6) is 0 Å². The van der Waals surface area contributed by atoms with Crippen LogP contribution in [0, 0.1) is 5.92 Å². The number of hydrogen-bond donors (Lipinski definition) is 0. The Bertz CT molecular complexity index is 895. The zero-order valence-electron chi connectivity index (χ0n) is 13.3. The highest BCUT2D eigenvalue weighted by Crippen LogP contribution is 2.35. The highest BCUT2D eigenvalue weighted by molar-refractivity contribution is 7.18. The van der Waals surface area contributed by atoms with E-state index in [-0.39, 0.29) is 11.6 Å². The van der Waals surface area contributed by atoms with Crippen LogP contribution in [0.1, 0.15) is 36.8 Å². The number of fused-ring (bicyclic) bond motifs is 3. The highest BCUT2D eigenvalue weighted by Gasteiger charge is 2.23. The molecule has 0 spiro atoms. The minimum atomic E-state index is -0.0147. The average Bonchev–Trinajstić information content (AvgIpc) is 3.14. The molecule has 1 aliphatic rings. The second-order valence-corrected chi connectivity index (χ2v) is 7.54. The predicted molar refractivity (Wildman–Crippen MR) is 89.8 cm³/mol. The quantitative estimate of drug-likeness (QED) is 0.740. The van der Waals surface area contributed by atoms with Gasteiger partial charge in [-0.2, -0.15) is 5.10 Å². The van der Waals surface area contributed by atoms with E-state index in [0.717, 1.165) is 29.5 Å². The van der Waals surface area contributed by atoms with Crippen molar-refractivity contribution in [1.82, 2.24) is 24.3 Å². The molecule has 0 saturated heterocycles. The van der Waals surface area contributed by atoms with E-state index in [2.05, 4.69) is 22.0 Å². The molecule has 3 aromatic heterocycles. The highest BCUT2D eigenvalue weighted by atomic mass is 32.1. The molecule has 3 aromatic rings. The van der Waals surface area contributed by atoms with Gasteiger partial charge < -0.3 is 0 Å². The third-order valence-corrected chi connectivity index (χ3v) is 5.80. The second kappa shape index (κ2) is 5.56. The molecule has 2 atom stereocenters. The van der Waals surface area contributed by atoms with Crippen molar-refractivity contribution in [2.24, 2.45) is 5.92 Å². The van der Waals surface area contributed by atoms with E-state index < -0.39 is 0 Å². The summed E-state index contributed by atoms with van der Waals surface area (Å²) in [6, 6.07) is -0.0147. The Labute approximate surface area is 137 Å². The molecule has 0 N–H and O–H groups in total. The van der Waals surface area contributed by atoms with Gasteiger partial charge in [-0.1, -0.05) is 6.92 Å². The van der Waals surface area contributed by atoms with Gasteiger partial charge in [0, 0.05) is 4.88 Å². The molecular formula is C16H19N5OS. The molecule has 4 rings (SSSR count). The maximum atomic E-state index is 13.0. The summed E-state index contributed by atoms with van der Waals surface area (Å²) in [5, 5.41) is 4.95. The molecule has 7 heteroatoms. The lowest BCUT2D eigenvalue weighted by Crippen LogP contribution is -2.27. The third kappa shape index (κ3) is 2.49. The second-order valence-electron chi connectivity index (χ2n) is 6.46. The van der Waals surface area contributed by atoms with Crippen LogP contribution < -0.4 is 5.56 Å². The Balaban J connectivity index is 1.77. The van der Waals surface area contributed by atoms with Crippen molar-refractivity contribution < 1.29 is 0 Å². The summed E-state index contributed by atoms with van der Waals surface area (Å²) in [7, 11) is 0. The van der Waals surface area contributed by atoms with Crippen LogP contribution in [0.25, 0.3) is 10.2 Å². The molecular weight excluding hydrogens is 310 g/mol. The van der Waals surface area contributed by atoms with Gasteiger partial charge in [-0.15, -0.1) is 11.3 Å². The van der Waals surface area contributed by atoms with Crippen LogP contribution in [-0.4, -0.2) is 24.3 Å². The first kappa shape index (κ1) is 14.6. The minimum absolute atomic E-state index is 0.0147. The fourth-order valence-corrected chi connectivity index (χ4v) is 4.68. The first-order valence-corrected chi connectivity index (χ1v) is 8.79. The standard InChI is InChI=1S/C16H19N5OS/c1-10-3-4-12-13(5-10)23-15-14(12)16(22)21(9-18-15)11(2)6-20-8-17-7-19-20/h7-11H,3-6H2,1-2H3/t10-,11-/m0/s1. The van der Waals surface area contributed by atoms with E-state index >= 15 is 0 Å². The van der Waals surface area contributed by atoms with Gasteiger partial charge in [-0.25, -0.2) is 9.97 Å². The predicted octanol–water partition coefficient (Wildman–Crippen LogP) is 2.44. The van der Waals surface area contributed by atoms with Crippen LogP contribution in [0.4, 0.5) is 0 Å². The molecule has 0 unspecified atom stereocenters. The van der Waals surface area contributed by atoms with Gasteiger partial charge in [-0.05, 0) is 37.7 Å². The fraction of sp³-hybridized carbons (Fsp3) is 0.500. The van der Waals surface area contributed by atoms with Crippen LogP contribution >= 0.6 is 11.3 Å². The van der Waals surface area contributed by atoms with Crippen molar-refractivity contribution >= 4 is 21.6 Å². The maximum Gasteiger partial charge on any atom is 0.262 e. The number of aryl methyl sites for hydroxylation is 1. The molecule has 0 amide bonds. The average molecular weight is 329 g/mol. The normalized spacial score (nSPS) is 19.0. The Morgan fingerprint density at radius 3 is 3.09 bits per heavy atom. The first-order chi connectivity index (χ1) is 11.1. The van der Waals surface area contributed by atoms with E-state index in [9.17, 15) is 4.79 Å². The van der Waals surface area contributed by atoms with Gasteiger partial charge in [0.15, 0.2) is 0 Å². The van der Waals surface area contributed by atoms with E-state index in [4.69, 9.17) is 0 Å². The number of aromatic nitrogens is 5. The Morgan fingerprint density at radius 1 is 1.43 bits per heavy atom. The van der Waals surface area contributed by atoms with Gasteiger partial charge in [0.1, 0.15) is 17.5 Å². The summed E-state index contributed by atoms with van der Waals surface area (Å²) in [6.45, 7) is 4.90. The summed E-state index contributed by atoms with van der Waals surface area (Å²) in [5.74, 6) is 0.698. The fourth-order valence-electron chi connectivity index (χ4n) is 3.34. The van der Waals surface area contributed by atoms with Gasteiger partial charge in [0.25, 0.3) is 5.56 Å². The molecule has 0 fully saturated rings. The lowest BCUT2D eigenvalue weighted by molar-refractivity contribution is 0.425. The largest absolute Gasteiger partial charge is 0.294 e. The van der Waals surface area contributed by atoms with E-state index in [1.54, 1.807) is 33.2 Å². The molecule has 3 heterocycles. The Hall–Kier alpha value is -2.02. The summed E-state index contributed by atoms with van der Waals surface area (Å²) >= 11 is 1.69. The van der Waals surface area contributed by atoms with Crippen molar-refractivity contribution in [3.63, 3.8) is 0 Å². The van der Waals surface area contributed by atoms with Gasteiger partial charge in [0.05, 0.1) is 24.3 Å². The number of rotatable bonds is 3. The van der Waals surface area contributed by atoms with Crippen molar-refractivity contribution in [1.29, 1.82) is 0 Å². The minimum Gasteiger partial charge on any atom is -0.294 e. The van der Waals surface area contributed by atoms with Gasteiger partial charge >= 0.3 is 0 Å². The van der Waals surface area contributed by atoms with Gasteiger partial charge in [0.2, 0.25) is 0 Å². The SMILES string of the molecule is C[C@H]1CCc2c(sc3ncn([C@@H](C)Cn4cncn4)c(=O)c23)C1. The lowest BCUT2D eigenvalue weighted by atomic mass is 9.89. The summed E-state index contributed by atoms with van der Waals surface area (Å²) in [6.07, 6.45) is 8.08. The van der Waals surface area contributed by atoms with E-state index in [0.29, 0.717) is 12.5 Å². The maximum absolute atomic E-state index is 13.0. The number of nitrogens with zero attached hydrogens (tertiary/aromatic N) is 5. The van der Waals surface area contributed by atoms with Crippen LogP contribution in [-0.2, 0) is 19.4 Å². The topological polar surface area (TPSA) is 65.6 Å². The van der Waals surface area contributed by atoms with Crippen molar-refractivity contribution in [2.75, 3.05) is 0 Å². The van der Waals surface area contributed by atoms with E-state index in [1.807, 2.05) is 6.92 Å². The van der Waals surface area contributed by atoms with Crippen molar-refractivity contribution in [3.05, 3.63) is 39.8 Å². The van der Waals surface area contributed by atoms with Crippen molar-refractivity contribution in [3.8, 4) is 0 Å². The van der Waals surface area contributed by atoms with E-state index in [1.165, 1.54) is 16.8 Å². The molecule has 0 bridgehead atoms. The lowest BCUT2D eigenvalue weighted by Gasteiger charge is -2.18. The molecule has 6 nitrogen and oxygen atoms in total.